The Hall–Kier alpha value is -1.75. The first-order valence-corrected chi connectivity index (χ1v) is 4.62. The lowest BCUT2D eigenvalue weighted by Gasteiger charge is -1.96. The van der Waals surface area contributed by atoms with Gasteiger partial charge in [-0.15, -0.1) is 0 Å². The number of hydrogen-bond donors (Lipinski definition) is 0. The maximum absolute atomic E-state index is 6.94. The molecule has 0 unspecified atom stereocenters. The molecule has 14 heavy (non-hydrogen) atoms. The number of para-hydroxylation sites is 1. The number of fused-ring (bicyclic) bond motifs is 1. The molecule has 2 aromatic rings. The normalized spacial score (nSPS) is 10.4. The van der Waals surface area contributed by atoms with E-state index >= 15 is 0 Å². The molecular formula is C12H12N2. The van der Waals surface area contributed by atoms with Crippen LogP contribution < -0.4 is 0 Å². The third-order valence-electron chi connectivity index (χ3n) is 2.77. The molecule has 0 aliphatic rings. The van der Waals surface area contributed by atoms with Gasteiger partial charge in [-0.3, -0.25) is 0 Å². The van der Waals surface area contributed by atoms with Crippen molar-refractivity contribution in [3.8, 4) is 0 Å². The first-order valence-electron chi connectivity index (χ1n) is 4.62. The molecular weight excluding hydrogens is 172 g/mol. The summed E-state index contributed by atoms with van der Waals surface area (Å²) < 4.78 is 2.15. The molecule has 0 bridgehead atoms. The van der Waals surface area contributed by atoms with E-state index in [4.69, 9.17) is 6.57 Å². The second kappa shape index (κ2) is 3.19. The summed E-state index contributed by atoms with van der Waals surface area (Å²) in [6, 6.07) is 8.23. The van der Waals surface area contributed by atoms with Gasteiger partial charge in [0, 0.05) is 23.6 Å². The summed E-state index contributed by atoms with van der Waals surface area (Å²) in [6.45, 7) is 9.49. The fraction of sp³-hybridized carbons (Fsp3) is 0.250. The topological polar surface area (TPSA) is 9.29 Å². The van der Waals surface area contributed by atoms with E-state index in [1.54, 1.807) is 0 Å². The molecule has 0 saturated carbocycles. The maximum Gasteiger partial charge on any atom is 0.242 e. The summed E-state index contributed by atoms with van der Waals surface area (Å²) in [5, 5.41) is 1.21. The number of rotatable bonds is 1. The number of aryl methyl sites for hydroxylation is 1. The lowest BCUT2D eigenvalue weighted by molar-refractivity contribution is 0.905. The van der Waals surface area contributed by atoms with Gasteiger partial charge in [0.05, 0.1) is 5.56 Å². The Balaban J connectivity index is 2.82. The van der Waals surface area contributed by atoms with Gasteiger partial charge in [-0.2, -0.15) is 0 Å². The number of hydrogen-bond acceptors (Lipinski definition) is 0. The highest BCUT2D eigenvalue weighted by Crippen LogP contribution is 2.25. The highest BCUT2D eigenvalue weighted by Gasteiger charge is 2.12. The molecule has 0 N–H and O–H groups in total. The zero-order valence-corrected chi connectivity index (χ0v) is 8.41. The van der Waals surface area contributed by atoms with Gasteiger partial charge >= 0.3 is 0 Å². The summed E-state index contributed by atoms with van der Waals surface area (Å²) >= 11 is 0. The van der Waals surface area contributed by atoms with Crippen molar-refractivity contribution < 1.29 is 0 Å². The molecule has 0 saturated heterocycles. The molecule has 2 rings (SSSR count). The van der Waals surface area contributed by atoms with Crippen LogP contribution in [0.15, 0.2) is 24.3 Å². The molecule has 0 aliphatic heterocycles. The summed E-state index contributed by atoms with van der Waals surface area (Å²) in [7, 11) is 2.05. The Morgan fingerprint density at radius 2 is 2.07 bits per heavy atom. The van der Waals surface area contributed by atoms with Gasteiger partial charge in [0.1, 0.15) is 0 Å². The fourth-order valence-corrected chi connectivity index (χ4v) is 1.88. The molecule has 2 nitrogen and oxygen atoms in total. The van der Waals surface area contributed by atoms with E-state index < -0.39 is 0 Å². The van der Waals surface area contributed by atoms with Gasteiger partial charge in [0.25, 0.3) is 0 Å². The summed E-state index contributed by atoms with van der Waals surface area (Å²) in [4.78, 5) is 3.47. The summed E-state index contributed by atoms with van der Waals surface area (Å²) in [5.74, 6) is 0. The van der Waals surface area contributed by atoms with Gasteiger partial charge in [-0.1, -0.05) is 18.2 Å². The van der Waals surface area contributed by atoms with Crippen LogP contribution in [0.1, 0.15) is 11.3 Å². The lowest BCUT2D eigenvalue weighted by atomic mass is 10.1. The van der Waals surface area contributed by atoms with Crippen molar-refractivity contribution in [1.29, 1.82) is 0 Å². The predicted molar refractivity (Wildman–Crippen MR) is 58.0 cm³/mol. The molecule has 0 spiro atoms. The summed E-state index contributed by atoms with van der Waals surface area (Å²) in [6.07, 6.45) is 0. The van der Waals surface area contributed by atoms with Crippen LogP contribution in [-0.4, -0.2) is 4.57 Å². The molecule has 0 amide bonds. The Bertz CT molecular complexity index is 515. The van der Waals surface area contributed by atoms with Crippen molar-refractivity contribution in [3.05, 3.63) is 46.9 Å². The van der Waals surface area contributed by atoms with Gasteiger partial charge in [-0.05, 0) is 13.0 Å². The SMILES string of the molecule is [C-]#[N+]Cc1c(C)n(C)c2ccccc12. The van der Waals surface area contributed by atoms with Crippen molar-refractivity contribution in [1.82, 2.24) is 4.57 Å². The molecule has 1 heterocycles. The second-order valence-corrected chi connectivity index (χ2v) is 3.46. The van der Waals surface area contributed by atoms with Crippen LogP contribution >= 0.6 is 0 Å². The van der Waals surface area contributed by atoms with Crippen LogP contribution in [0.4, 0.5) is 0 Å². The Morgan fingerprint density at radius 3 is 2.79 bits per heavy atom. The van der Waals surface area contributed by atoms with E-state index in [0.29, 0.717) is 6.54 Å². The van der Waals surface area contributed by atoms with E-state index in [1.165, 1.54) is 16.6 Å². The van der Waals surface area contributed by atoms with Crippen molar-refractivity contribution >= 4 is 10.9 Å². The minimum atomic E-state index is 0.479. The minimum Gasteiger partial charge on any atom is -0.347 e. The molecule has 70 valence electrons. The van der Waals surface area contributed by atoms with Gasteiger partial charge < -0.3 is 9.41 Å². The second-order valence-electron chi connectivity index (χ2n) is 3.46. The molecule has 0 fully saturated rings. The third-order valence-corrected chi connectivity index (χ3v) is 2.77. The Morgan fingerprint density at radius 1 is 1.36 bits per heavy atom. The number of aromatic nitrogens is 1. The van der Waals surface area contributed by atoms with Crippen LogP contribution in [0, 0.1) is 13.5 Å². The zero-order chi connectivity index (χ0) is 10.1. The minimum absolute atomic E-state index is 0.479. The first kappa shape index (κ1) is 8.83. The van der Waals surface area contributed by atoms with Crippen LogP contribution in [0.3, 0.4) is 0 Å². The monoisotopic (exact) mass is 184 g/mol. The van der Waals surface area contributed by atoms with E-state index in [1.807, 2.05) is 19.2 Å². The zero-order valence-electron chi connectivity index (χ0n) is 8.41. The average molecular weight is 184 g/mol. The Labute approximate surface area is 83.6 Å². The average Bonchev–Trinajstić information content (AvgIpc) is 2.45. The lowest BCUT2D eigenvalue weighted by Crippen LogP contribution is -1.91. The van der Waals surface area contributed by atoms with E-state index in [0.717, 1.165) is 5.56 Å². The molecule has 2 heteroatoms. The molecule has 1 aromatic carbocycles. The molecule has 0 atom stereocenters. The van der Waals surface area contributed by atoms with Gasteiger partial charge in [-0.25, -0.2) is 6.57 Å². The van der Waals surface area contributed by atoms with Crippen LogP contribution in [0.25, 0.3) is 15.7 Å². The largest absolute Gasteiger partial charge is 0.347 e. The van der Waals surface area contributed by atoms with E-state index in [9.17, 15) is 0 Å². The van der Waals surface area contributed by atoms with Crippen molar-refractivity contribution in [3.63, 3.8) is 0 Å². The van der Waals surface area contributed by atoms with Crippen molar-refractivity contribution in [2.45, 2.75) is 13.5 Å². The highest BCUT2D eigenvalue weighted by molar-refractivity contribution is 5.85. The standard InChI is InChI=1S/C12H12N2/c1-9-11(8-13-2)10-6-4-5-7-12(10)14(9)3/h4-7H,8H2,1,3H3. The third kappa shape index (κ3) is 1.10. The van der Waals surface area contributed by atoms with Crippen LogP contribution in [-0.2, 0) is 13.6 Å². The predicted octanol–water partition coefficient (Wildman–Crippen LogP) is 2.91. The summed E-state index contributed by atoms with van der Waals surface area (Å²) in [5.41, 5.74) is 3.57. The molecule has 0 radical (unpaired) electrons. The van der Waals surface area contributed by atoms with Crippen molar-refractivity contribution in [2.75, 3.05) is 0 Å². The number of benzene rings is 1. The Kier molecular flexibility index (Phi) is 2.01. The van der Waals surface area contributed by atoms with Gasteiger partial charge in [0.15, 0.2) is 0 Å². The van der Waals surface area contributed by atoms with Crippen LogP contribution in [0.5, 0.6) is 0 Å². The first-order chi connectivity index (χ1) is 6.75. The molecule has 1 aromatic heterocycles. The quantitative estimate of drug-likeness (QED) is 0.603. The van der Waals surface area contributed by atoms with Gasteiger partial charge in [0.2, 0.25) is 6.54 Å². The van der Waals surface area contributed by atoms with Crippen molar-refractivity contribution in [2.24, 2.45) is 7.05 Å². The van der Waals surface area contributed by atoms with E-state index in [-0.39, 0.29) is 0 Å². The van der Waals surface area contributed by atoms with E-state index in [2.05, 4.69) is 28.5 Å². The highest BCUT2D eigenvalue weighted by atomic mass is 14.9. The fourth-order valence-electron chi connectivity index (χ4n) is 1.88. The number of nitrogens with zero attached hydrogens (tertiary/aromatic N) is 2. The maximum atomic E-state index is 6.94. The molecule has 0 aliphatic carbocycles. The van der Waals surface area contributed by atoms with Crippen LogP contribution in [0.2, 0.25) is 0 Å². The smallest absolute Gasteiger partial charge is 0.242 e.